The second-order valence-corrected chi connectivity index (χ2v) is 0. The van der Waals surface area contributed by atoms with E-state index < -0.39 is 0 Å². The van der Waals surface area contributed by atoms with Gasteiger partial charge in [-0.15, -0.1) is 0 Å². The molecule has 0 aromatic rings. The minimum absolute atomic E-state index is 0. The number of hydrogen-bond acceptors (Lipinski definition) is 2. The molecule has 0 rings (SSSR count). The van der Waals surface area contributed by atoms with Crippen LogP contribution in [0.2, 0.25) is 0 Å². The number of rotatable bonds is 0. The average molecular weight is 272 g/mol. The summed E-state index contributed by atoms with van der Waals surface area (Å²) in [5.41, 5.74) is 0. The van der Waals surface area contributed by atoms with Crippen molar-refractivity contribution in [2.45, 2.75) is 0 Å². The number of hydrogen-bond donors (Lipinski definition) is 2. The first-order valence-corrected chi connectivity index (χ1v) is 0.894. The molecule has 0 bridgehead atoms. The number of aliphatic hydroxyl groups excluding tert-OH is 2. The molecule has 0 fully saturated rings. The fourth-order valence-electron chi connectivity index (χ4n) is 0. The molecule has 7 heavy (non-hydrogen) atoms. The van der Waals surface area contributed by atoms with Crippen LogP contribution in [-0.4, -0.2) is 24.4 Å². The molecule has 2 nitrogen and oxygen atoms in total. The SMILES string of the molecule is CO.CO.[Br-].[Br-].[Ti+2]. The van der Waals surface area contributed by atoms with Crippen LogP contribution < -0.4 is 34.0 Å². The quantitative estimate of drug-likeness (QED) is 0.430. The average Bonchev–Trinajstić information content (AvgIpc) is 1.50. The molecule has 2 N–H and O–H groups in total. The summed E-state index contributed by atoms with van der Waals surface area (Å²) >= 11 is 0. The summed E-state index contributed by atoms with van der Waals surface area (Å²) in [5, 5.41) is 14.0. The Labute approximate surface area is 79.7 Å². The van der Waals surface area contributed by atoms with Gasteiger partial charge < -0.3 is 44.2 Å². The van der Waals surface area contributed by atoms with E-state index in [1.165, 1.54) is 0 Å². The third-order valence-corrected chi connectivity index (χ3v) is 0. The van der Waals surface area contributed by atoms with Gasteiger partial charge in [-0.05, 0) is 0 Å². The predicted molar refractivity (Wildman–Crippen MR) is 16.3 cm³/mol. The summed E-state index contributed by atoms with van der Waals surface area (Å²) < 4.78 is 0. The van der Waals surface area contributed by atoms with Crippen LogP contribution in [0.1, 0.15) is 0 Å². The van der Waals surface area contributed by atoms with E-state index in [1.807, 2.05) is 0 Å². The standard InChI is InChI=1S/2CH4O.2BrH.Ti/c2*1-2;;;/h2*2H,1H3;2*1H;/q;;;;+2/p-2. The zero-order valence-corrected chi connectivity index (χ0v) is 8.88. The second kappa shape index (κ2) is 130. The minimum Gasteiger partial charge on any atom is -1.00 e. The van der Waals surface area contributed by atoms with Crippen molar-refractivity contribution in [3.05, 3.63) is 0 Å². The summed E-state index contributed by atoms with van der Waals surface area (Å²) in [4.78, 5) is 0. The molecule has 0 aliphatic rings. The molecule has 0 unspecified atom stereocenters. The first-order chi connectivity index (χ1) is 2.00. The zero-order valence-electron chi connectivity index (χ0n) is 4.15. The Morgan fingerprint density at radius 3 is 0.714 bits per heavy atom. The van der Waals surface area contributed by atoms with Crippen molar-refractivity contribution in [2.24, 2.45) is 0 Å². The van der Waals surface area contributed by atoms with Crippen molar-refractivity contribution >= 4 is 0 Å². The summed E-state index contributed by atoms with van der Waals surface area (Å²) in [5.74, 6) is 0. The Hall–Kier alpha value is 1.59. The third-order valence-electron chi connectivity index (χ3n) is 0. The molecule has 46 valence electrons. The Morgan fingerprint density at radius 1 is 0.714 bits per heavy atom. The van der Waals surface area contributed by atoms with E-state index in [1.54, 1.807) is 0 Å². The molecule has 0 aliphatic heterocycles. The molecule has 0 heterocycles. The van der Waals surface area contributed by atoms with Crippen molar-refractivity contribution in [3.63, 3.8) is 0 Å². The van der Waals surface area contributed by atoms with E-state index in [9.17, 15) is 0 Å². The van der Waals surface area contributed by atoms with Crippen molar-refractivity contribution in [3.8, 4) is 0 Å². The zero-order chi connectivity index (χ0) is 4.00. The molecule has 0 aliphatic carbocycles. The fraction of sp³-hybridized carbons (Fsp3) is 1.00. The molecular weight excluding hydrogens is 264 g/mol. The monoisotopic (exact) mass is 270 g/mol. The molecule has 5 heteroatoms. The van der Waals surface area contributed by atoms with Gasteiger partial charge in [-0.25, -0.2) is 0 Å². The van der Waals surface area contributed by atoms with E-state index in [4.69, 9.17) is 10.2 Å². The summed E-state index contributed by atoms with van der Waals surface area (Å²) in [6, 6.07) is 0. The maximum absolute atomic E-state index is 7.00. The van der Waals surface area contributed by atoms with Gasteiger partial charge in [-0.2, -0.15) is 0 Å². The van der Waals surface area contributed by atoms with Crippen molar-refractivity contribution < 1.29 is 65.9 Å². The summed E-state index contributed by atoms with van der Waals surface area (Å²) in [6.45, 7) is 0. The van der Waals surface area contributed by atoms with Crippen LogP contribution in [0.5, 0.6) is 0 Å². The first kappa shape index (κ1) is 38.4. The van der Waals surface area contributed by atoms with Crippen LogP contribution in [0.15, 0.2) is 0 Å². The summed E-state index contributed by atoms with van der Waals surface area (Å²) in [6.07, 6.45) is 0. The molecule has 0 saturated heterocycles. The Kier molecular flexibility index (Phi) is 712. The van der Waals surface area contributed by atoms with Crippen LogP contribution in [0, 0.1) is 0 Å². The van der Waals surface area contributed by atoms with Crippen molar-refractivity contribution in [2.75, 3.05) is 14.2 Å². The maximum atomic E-state index is 7.00. The van der Waals surface area contributed by atoms with Gasteiger partial charge in [-0.3, -0.25) is 0 Å². The fourth-order valence-corrected chi connectivity index (χ4v) is 0. The Morgan fingerprint density at radius 2 is 0.714 bits per heavy atom. The molecule has 0 radical (unpaired) electrons. The Bertz CT molecular complexity index is 13.7. The maximum Gasteiger partial charge on any atom is 2.00 e. The van der Waals surface area contributed by atoms with E-state index >= 15 is 0 Å². The van der Waals surface area contributed by atoms with Gasteiger partial charge in [0.25, 0.3) is 0 Å². The van der Waals surface area contributed by atoms with Crippen molar-refractivity contribution in [1.82, 2.24) is 0 Å². The molecule has 0 amide bonds. The molecule has 0 saturated carbocycles. The van der Waals surface area contributed by atoms with Gasteiger partial charge in [0.05, 0.1) is 0 Å². The molecule has 0 aromatic carbocycles. The second-order valence-electron chi connectivity index (χ2n) is 0. The van der Waals surface area contributed by atoms with E-state index in [2.05, 4.69) is 0 Å². The minimum atomic E-state index is 0. The first-order valence-electron chi connectivity index (χ1n) is 0.894. The van der Waals surface area contributed by atoms with Crippen LogP contribution in [0.4, 0.5) is 0 Å². The number of aliphatic hydroxyl groups is 2. The van der Waals surface area contributed by atoms with Crippen LogP contribution in [-0.2, 0) is 21.7 Å². The predicted octanol–water partition coefficient (Wildman–Crippen LogP) is -6.78. The molecule has 0 atom stereocenters. The molecular formula is C2H8Br2O2Ti. The van der Waals surface area contributed by atoms with Gasteiger partial charge in [0.1, 0.15) is 0 Å². The van der Waals surface area contributed by atoms with Crippen molar-refractivity contribution in [1.29, 1.82) is 0 Å². The smallest absolute Gasteiger partial charge is 1.00 e. The van der Waals surface area contributed by atoms with E-state index in [-0.39, 0.29) is 55.7 Å². The normalized spacial score (nSPS) is 1.71. The number of halogens is 2. The van der Waals surface area contributed by atoms with Gasteiger partial charge in [-0.1, -0.05) is 0 Å². The van der Waals surface area contributed by atoms with E-state index in [0.717, 1.165) is 14.2 Å². The molecule has 0 spiro atoms. The van der Waals surface area contributed by atoms with Crippen LogP contribution in [0.3, 0.4) is 0 Å². The van der Waals surface area contributed by atoms with Crippen LogP contribution in [0.25, 0.3) is 0 Å². The van der Waals surface area contributed by atoms with Gasteiger partial charge in [0.2, 0.25) is 0 Å². The van der Waals surface area contributed by atoms with Gasteiger partial charge in [0, 0.05) is 14.2 Å². The third kappa shape index (κ3) is 93.5. The topological polar surface area (TPSA) is 40.5 Å². The molecule has 0 aromatic heterocycles. The summed E-state index contributed by atoms with van der Waals surface area (Å²) in [7, 11) is 2.00. The largest absolute Gasteiger partial charge is 2.00 e. The van der Waals surface area contributed by atoms with Crippen LogP contribution >= 0.6 is 0 Å². The van der Waals surface area contributed by atoms with Gasteiger partial charge >= 0.3 is 21.7 Å². The van der Waals surface area contributed by atoms with Gasteiger partial charge in [0.15, 0.2) is 0 Å². The van der Waals surface area contributed by atoms with E-state index in [0.29, 0.717) is 0 Å². The Balaban J connectivity index is -0.00000000267.